The van der Waals surface area contributed by atoms with E-state index in [1.165, 1.54) is 25.7 Å². The van der Waals surface area contributed by atoms with E-state index in [2.05, 4.69) is 48.1 Å². The third-order valence-electron chi connectivity index (χ3n) is 13.9. The van der Waals surface area contributed by atoms with Crippen LogP contribution >= 0.6 is 0 Å². The first-order chi connectivity index (χ1) is 18.1. The summed E-state index contributed by atoms with van der Waals surface area (Å²) >= 11 is 0. The van der Waals surface area contributed by atoms with Gasteiger partial charge < -0.3 is 14.3 Å². The SMILES string of the molecule is C=C(C)[C@@H]1CC[C@]2(C=O)CC[C@]3(C)[C@H](CC[C@@H]4[C@@]5(C)C[C@@H](OC(C)=O)[C@H](OC(C)=O)C(C)(C)[C@@H]5CC[C@]43C)[C@@H]12. The van der Waals surface area contributed by atoms with Crippen molar-refractivity contribution in [2.75, 3.05) is 0 Å². The minimum absolute atomic E-state index is 0.0378. The number of fused-ring (bicyclic) bond motifs is 7. The summed E-state index contributed by atoms with van der Waals surface area (Å²) in [6.45, 7) is 21.5. The van der Waals surface area contributed by atoms with Gasteiger partial charge in [-0.2, -0.15) is 0 Å². The Balaban J connectivity index is 1.55. The molecule has 0 amide bonds. The van der Waals surface area contributed by atoms with Gasteiger partial charge in [0.2, 0.25) is 0 Å². The number of carbonyl (C=O) groups excluding carboxylic acids is 3. The molecule has 11 atom stereocenters. The van der Waals surface area contributed by atoms with E-state index in [-0.39, 0.29) is 39.0 Å². The lowest BCUT2D eigenvalue weighted by molar-refractivity contribution is -0.267. The molecule has 0 aromatic heterocycles. The minimum Gasteiger partial charge on any atom is -0.459 e. The van der Waals surface area contributed by atoms with Gasteiger partial charge in [0.05, 0.1) is 0 Å². The zero-order valence-corrected chi connectivity index (χ0v) is 25.7. The summed E-state index contributed by atoms with van der Waals surface area (Å²) in [5.74, 6) is 1.59. The van der Waals surface area contributed by atoms with Crippen LogP contribution < -0.4 is 0 Å². The third-order valence-corrected chi connectivity index (χ3v) is 13.9. The fourth-order valence-corrected chi connectivity index (χ4v) is 12.2. The molecule has 0 unspecified atom stereocenters. The smallest absolute Gasteiger partial charge is 0.303 e. The van der Waals surface area contributed by atoms with Crippen molar-refractivity contribution in [2.24, 2.45) is 56.7 Å². The second-order valence-corrected chi connectivity index (χ2v) is 15.7. The Morgan fingerprint density at radius 2 is 1.46 bits per heavy atom. The Labute approximate surface area is 236 Å². The number of rotatable bonds is 4. The molecule has 0 aromatic carbocycles. The van der Waals surface area contributed by atoms with Crippen LogP contribution in [-0.2, 0) is 23.9 Å². The molecule has 0 heterocycles. The molecular weight excluding hydrogens is 488 g/mol. The Hall–Kier alpha value is -1.65. The van der Waals surface area contributed by atoms with Crippen molar-refractivity contribution >= 4 is 18.2 Å². The molecule has 0 aliphatic heterocycles. The summed E-state index contributed by atoms with van der Waals surface area (Å²) in [6.07, 6.45) is 9.93. The van der Waals surface area contributed by atoms with Gasteiger partial charge >= 0.3 is 11.9 Å². The molecule has 0 saturated heterocycles. The average molecular weight is 541 g/mol. The van der Waals surface area contributed by atoms with Crippen molar-refractivity contribution in [3.05, 3.63) is 12.2 Å². The summed E-state index contributed by atoms with van der Waals surface area (Å²) in [5.41, 5.74) is 1.00. The normalized spacial score (nSPS) is 49.9. The largest absolute Gasteiger partial charge is 0.459 e. The number of allylic oxidation sites excluding steroid dienone is 1. The lowest BCUT2D eigenvalue weighted by atomic mass is 9.32. The number of carbonyl (C=O) groups is 3. The summed E-state index contributed by atoms with van der Waals surface area (Å²) in [5, 5.41) is 0. The zero-order chi connectivity index (χ0) is 28.8. The van der Waals surface area contributed by atoms with Crippen molar-refractivity contribution < 1.29 is 23.9 Å². The van der Waals surface area contributed by atoms with Gasteiger partial charge in [-0.05, 0) is 111 Å². The monoisotopic (exact) mass is 540 g/mol. The Bertz CT molecular complexity index is 1060. The molecule has 0 N–H and O–H groups in total. The Morgan fingerprint density at radius 3 is 2.05 bits per heavy atom. The molecule has 0 bridgehead atoms. The first-order valence-electron chi connectivity index (χ1n) is 15.5. The summed E-state index contributed by atoms with van der Waals surface area (Å²) < 4.78 is 11.9. The number of hydrogen-bond acceptors (Lipinski definition) is 5. The van der Waals surface area contributed by atoms with Crippen LogP contribution in [0.4, 0.5) is 0 Å². The number of esters is 2. The highest BCUT2D eigenvalue weighted by atomic mass is 16.6. The Kier molecular flexibility index (Phi) is 6.79. The minimum atomic E-state index is -0.439. The van der Waals surface area contributed by atoms with Crippen LogP contribution in [0.25, 0.3) is 0 Å². The number of hydrogen-bond donors (Lipinski definition) is 0. The van der Waals surface area contributed by atoms with Crippen molar-refractivity contribution in [1.29, 1.82) is 0 Å². The average Bonchev–Trinajstić information content (AvgIpc) is 3.22. The highest BCUT2D eigenvalue weighted by molar-refractivity contribution is 5.67. The fourth-order valence-electron chi connectivity index (χ4n) is 12.2. The molecule has 39 heavy (non-hydrogen) atoms. The molecule has 0 radical (unpaired) electrons. The van der Waals surface area contributed by atoms with Crippen molar-refractivity contribution in [1.82, 2.24) is 0 Å². The van der Waals surface area contributed by atoms with Crippen LogP contribution in [0.5, 0.6) is 0 Å². The van der Waals surface area contributed by atoms with E-state index in [9.17, 15) is 14.4 Å². The van der Waals surface area contributed by atoms with E-state index in [1.807, 2.05) is 0 Å². The van der Waals surface area contributed by atoms with E-state index in [0.29, 0.717) is 29.6 Å². The van der Waals surface area contributed by atoms with Crippen LogP contribution in [0.3, 0.4) is 0 Å². The quantitative estimate of drug-likeness (QED) is 0.212. The number of ether oxygens (including phenoxy) is 2. The lowest BCUT2D eigenvalue weighted by Crippen LogP contribution is -2.69. The lowest BCUT2D eigenvalue weighted by Gasteiger charge is -2.73. The second kappa shape index (κ2) is 9.18. The molecule has 218 valence electrons. The topological polar surface area (TPSA) is 69.7 Å². The third kappa shape index (κ3) is 3.86. The molecule has 0 aromatic rings. The molecule has 5 aliphatic carbocycles. The van der Waals surface area contributed by atoms with Gasteiger partial charge in [0.1, 0.15) is 18.5 Å². The second-order valence-electron chi connectivity index (χ2n) is 15.7. The predicted octanol–water partition coefficient (Wildman–Crippen LogP) is 7.32. The molecule has 5 heteroatoms. The van der Waals surface area contributed by atoms with Gasteiger partial charge in [-0.15, -0.1) is 0 Å². The standard InChI is InChI=1S/C34H52O5/c1-20(2)23-12-15-34(19-35)17-16-32(8)24(28(23)34)10-11-27-31(7)18-25(38-21(3)36)29(39-22(4)37)30(5,6)26(31)13-14-33(27,32)9/h19,23-29H,1,10-18H2,2-9H3/t23-,24+,25+,26-,27+,28+,29-,31-,32+,33+,34+/m0/s1. The van der Waals surface area contributed by atoms with E-state index in [0.717, 1.165) is 57.8 Å². The Morgan fingerprint density at radius 1 is 0.795 bits per heavy atom. The maximum atomic E-state index is 12.7. The van der Waals surface area contributed by atoms with E-state index < -0.39 is 12.2 Å². The van der Waals surface area contributed by atoms with Crippen LogP contribution in [0.15, 0.2) is 12.2 Å². The van der Waals surface area contributed by atoms with E-state index >= 15 is 0 Å². The summed E-state index contributed by atoms with van der Waals surface area (Å²) in [4.78, 5) is 37.1. The molecule has 5 nitrogen and oxygen atoms in total. The van der Waals surface area contributed by atoms with E-state index in [1.54, 1.807) is 0 Å². The molecule has 5 rings (SSSR count). The molecule has 5 fully saturated rings. The van der Waals surface area contributed by atoms with Gasteiger partial charge in [0.15, 0.2) is 0 Å². The first-order valence-corrected chi connectivity index (χ1v) is 15.5. The zero-order valence-electron chi connectivity index (χ0n) is 25.7. The van der Waals surface area contributed by atoms with Gasteiger partial charge in [0.25, 0.3) is 0 Å². The first kappa shape index (κ1) is 28.9. The summed E-state index contributed by atoms with van der Waals surface area (Å²) in [6, 6.07) is 0. The molecule has 0 spiro atoms. The highest BCUT2D eigenvalue weighted by Gasteiger charge is 2.72. The summed E-state index contributed by atoms with van der Waals surface area (Å²) in [7, 11) is 0. The molecule has 5 aliphatic rings. The van der Waals surface area contributed by atoms with Crippen molar-refractivity contribution in [3.63, 3.8) is 0 Å². The van der Waals surface area contributed by atoms with Crippen molar-refractivity contribution in [2.45, 2.75) is 125 Å². The van der Waals surface area contributed by atoms with Crippen LogP contribution in [-0.4, -0.2) is 30.4 Å². The maximum Gasteiger partial charge on any atom is 0.303 e. The van der Waals surface area contributed by atoms with E-state index in [4.69, 9.17) is 9.47 Å². The van der Waals surface area contributed by atoms with Crippen molar-refractivity contribution in [3.8, 4) is 0 Å². The van der Waals surface area contributed by atoms with Crippen LogP contribution in [0.1, 0.15) is 113 Å². The molecule has 5 saturated carbocycles. The van der Waals surface area contributed by atoms with Gasteiger partial charge in [-0.1, -0.05) is 46.8 Å². The fraction of sp³-hybridized carbons (Fsp3) is 0.853. The van der Waals surface area contributed by atoms with Crippen LogP contribution in [0.2, 0.25) is 0 Å². The van der Waals surface area contributed by atoms with Gasteiger partial charge in [-0.3, -0.25) is 9.59 Å². The highest BCUT2D eigenvalue weighted by Crippen LogP contribution is 2.77. The van der Waals surface area contributed by atoms with Gasteiger partial charge in [0, 0.05) is 24.7 Å². The van der Waals surface area contributed by atoms with Crippen LogP contribution in [0, 0.1) is 56.7 Å². The maximum absolute atomic E-state index is 12.7. The molecular formula is C34H52O5. The number of aldehydes is 1. The van der Waals surface area contributed by atoms with Gasteiger partial charge in [-0.25, -0.2) is 0 Å². The predicted molar refractivity (Wildman–Crippen MR) is 152 cm³/mol.